The predicted molar refractivity (Wildman–Crippen MR) is 69.6 cm³/mol. The zero-order valence-electron chi connectivity index (χ0n) is 11.2. The van der Waals surface area contributed by atoms with Crippen LogP contribution in [0.25, 0.3) is 0 Å². The van der Waals surface area contributed by atoms with Gasteiger partial charge in [-0.15, -0.1) is 0 Å². The second kappa shape index (κ2) is 4.78. The van der Waals surface area contributed by atoms with Crippen LogP contribution in [0.3, 0.4) is 0 Å². The molecule has 1 amide bonds. The molecule has 2 unspecified atom stereocenters. The van der Waals surface area contributed by atoms with Crippen LogP contribution in [0.2, 0.25) is 0 Å². The van der Waals surface area contributed by atoms with Gasteiger partial charge in [0.15, 0.2) is 0 Å². The fourth-order valence-corrected chi connectivity index (χ4v) is 3.78. The molecule has 0 spiro atoms. The van der Waals surface area contributed by atoms with E-state index in [9.17, 15) is 14.7 Å². The highest BCUT2D eigenvalue weighted by Gasteiger charge is 2.62. The van der Waals surface area contributed by atoms with Crippen LogP contribution in [-0.4, -0.2) is 47.6 Å². The van der Waals surface area contributed by atoms with Gasteiger partial charge in [0.05, 0.1) is 12.0 Å². The molecule has 1 aliphatic heterocycles. The van der Waals surface area contributed by atoms with E-state index >= 15 is 0 Å². The number of carboxylic acids is 1. The van der Waals surface area contributed by atoms with Gasteiger partial charge in [0.1, 0.15) is 0 Å². The lowest BCUT2D eigenvalue weighted by atomic mass is 9.97. The molecule has 3 fully saturated rings. The van der Waals surface area contributed by atoms with Gasteiger partial charge in [0, 0.05) is 12.6 Å². The maximum Gasteiger partial charge on any atom is 0.311 e. The molecule has 0 aromatic rings. The molecule has 3 rings (SSSR count). The van der Waals surface area contributed by atoms with Crippen LogP contribution >= 0.6 is 0 Å². The minimum Gasteiger partial charge on any atom is -0.481 e. The molecule has 1 heterocycles. The van der Waals surface area contributed by atoms with Crippen LogP contribution in [-0.2, 0) is 9.59 Å². The van der Waals surface area contributed by atoms with E-state index in [-0.39, 0.29) is 5.91 Å². The maximum absolute atomic E-state index is 12.0. The van der Waals surface area contributed by atoms with E-state index in [2.05, 4.69) is 5.32 Å². The van der Waals surface area contributed by atoms with Gasteiger partial charge in [-0.3, -0.25) is 14.5 Å². The number of carbonyl (C=O) groups excluding carboxylic acids is 1. The van der Waals surface area contributed by atoms with Gasteiger partial charge in [-0.25, -0.2) is 0 Å². The third-order valence-corrected chi connectivity index (χ3v) is 5.04. The second-order valence-electron chi connectivity index (χ2n) is 6.41. The molecule has 0 aromatic heterocycles. The van der Waals surface area contributed by atoms with Gasteiger partial charge in [-0.2, -0.15) is 0 Å². The Morgan fingerprint density at radius 3 is 2.68 bits per heavy atom. The Morgan fingerprint density at radius 1 is 1.26 bits per heavy atom. The van der Waals surface area contributed by atoms with Crippen molar-refractivity contribution in [3.63, 3.8) is 0 Å². The zero-order valence-corrected chi connectivity index (χ0v) is 11.2. The average molecular weight is 266 g/mol. The van der Waals surface area contributed by atoms with Crippen molar-refractivity contribution in [1.29, 1.82) is 0 Å². The zero-order chi connectivity index (χ0) is 13.5. The highest BCUT2D eigenvalue weighted by Crippen LogP contribution is 2.57. The number of amides is 1. The Kier molecular flexibility index (Phi) is 3.25. The van der Waals surface area contributed by atoms with Crippen LogP contribution in [0.4, 0.5) is 0 Å². The molecule has 2 saturated carbocycles. The number of piperidine rings is 1. The van der Waals surface area contributed by atoms with Crippen LogP contribution in [0, 0.1) is 11.3 Å². The Morgan fingerprint density at radius 2 is 2.00 bits per heavy atom. The van der Waals surface area contributed by atoms with E-state index in [0.29, 0.717) is 25.0 Å². The van der Waals surface area contributed by atoms with E-state index in [4.69, 9.17) is 0 Å². The Balaban J connectivity index is 1.50. The van der Waals surface area contributed by atoms with Crippen LogP contribution in [0.1, 0.15) is 38.5 Å². The second-order valence-corrected chi connectivity index (χ2v) is 6.41. The van der Waals surface area contributed by atoms with Crippen LogP contribution in [0.15, 0.2) is 0 Å². The van der Waals surface area contributed by atoms with E-state index in [1.807, 2.05) is 4.90 Å². The number of nitrogens with one attached hydrogen (secondary N) is 1. The molecule has 0 radical (unpaired) electrons. The third-order valence-electron chi connectivity index (χ3n) is 5.04. The summed E-state index contributed by atoms with van der Waals surface area (Å²) in [4.78, 5) is 25.3. The molecular weight excluding hydrogens is 244 g/mol. The van der Waals surface area contributed by atoms with Crippen molar-refractivity contribution in [2.24, 2.45) is 11.3 Å². The van der Waals surface area contributed by atoms with E-state index in [0.717, 1.165) is 32.2 Å². The molecule has 5 heteroatoms. The summed E-state index contributed by atoms with van der Waals surface area (Å²) in [5, 5.41) is 12.4. The lowest BCUT2D eigenvalue weighted by molar-refractivity contribution is -0.146. The van der Waals surface area contributed by atoms with Gasteiger partial charge in [-0.05, 0) is 38.1 Å². The van der Waals surface area contributed by atoms with Gasteiger partial charge in [0.2, 0.25) is 5.91 Å². The number of carbonyl (C=O) groups is 2. The predicted octanol–water partition coefficient (Wildman–Crippen LogP) is 0.842. The van der Waals surface area contributed by atoms with Crippen LogP contribution in [0.5, 0.6) is 0 Å². The van der Waals surface area contributed by atoms with Gasteiger partial charge in [0.25, 0.3) is 0 Å². The molecule has 5 nitrogen and oxygen atoms in total. The van der Waals surface area contributed by atoms with Crippen molar-refractivity contribution in [3.05, 3.63) is 0 Å². The third kappa shape index (κ3) is 2.48. The normalized spacial score (nSPS) is 34.8. The van der Waals surface area contributed by atoms with E-state index in [1.54, 1.807) is 0 Å². The molecule has 0 bridgehead atoms. The van der Waals surface area contributed by atoms with Crippen molar-refractivity contribution in [3.8, 4) is 0 Å². The molecule has 0 aromatic carbocycles. The molecule has 3 aliphatic rings. The van der Waals surface area contributed by atoms with Gasteiger partial charge < -0.3 is 10.4 Å². The number of aliphatic carboxylic acids is 1. The van der Waals surface area contributed by atoms with Crippen LogP contribution < -0.4 is 5.32 Å². The number of likely N-dealkylation sites (tertiary alicyclic amines) is 1. The Labute approximate surface area is 113 Å². The van der Waals surface area contributed by atoms with Crippen molar-refractivity contribution in [2.75, 3.05) is 19.6 Å². The minimum absolute atomic E-state index is 0.0616. The van der Waals surface area contributed by atoms with Gasteiger partial charge in [-0.1, -0.05) is 12.8 Å². The first kappa shape index (κ1) is 12.9. The lowest BCUT2D eigenvalue weighted by Crippen LogP contribution is -2.46. The number of fused-ring (bicyclic) bond motifs is 1. The number of carboxylic acid groups (broad SMARTS) is 1. The summed E-state index contributed by atoms with van der Waals surface area (Å²) in [6.07, 6.45) is 6.31. The summed E-state index contributed by atoms with van der Waals surface area (Å²) in [5.41, 5.74) is -0.536. The fraction of sp³-hybridized carbons (Fsp3) is 0.857. The molecule has 2 aliphatic carbocycles. The SMILES string of the molecule is O=C(CN1CCC2CC2(C(=O)O)C1)NC1CCCC1. The number of hydrogen-bond donors (Lipinski definition) is 2. The molecule has 2 N–H and O–H groups in total. The topological polar surface area (TPSA) is 69.6 Å². The molecule has 106 valence electrons. The largest absolute Gasteiger partial charge is 0.481 e. The molecule has 19 heavy (non-hydrogen) atoms. The number of nitrogens with zero attached hydrogens (tertiary/aromatic N) is 1. The number of hydrogen-bond acceptors (Lipinski definition) is 3. The molecular formula is C14H22N2O3. The van der Waals surface area contributed by atoms with Crippen molar-refractivity contribution < 1.29 is 14.7 Å². The molecule has 1 saturated heterocycles. The first-order valence-corrected chi connectivity index (χ1v) is 7.35. The van der Waals surface area contributed by atoms with Crippen molar-refractivity contribution in [1.82, 2.24) is 10.2 Å². The Hall–Kier alpha value is -1.10. The first-order chi connectivity index (χ1) is 9.10. The highest BCUT2D eigenvalue weighted by atomic mass is 16.4. The smallest absolute Gasteiger partial charge is 0.311 e. The number of rotatable bonds is 4. The Bertz CT molecular complexity index is 392. The van der Waals surface area contributed by atoms with E-state index < -0.39 is 11.4 Å². The van der Waals surface area contributed by atoms with Gasteiger partial charge >= 0.3 is 5.97 Å². The minimum atomic E-state index is -0.682. The first-order valence-electron chi connectivity index (χ1n) is 7.35. The maximum atomic E-state index is 12.0. The summed E-state index contributed by atoms with van der Waals surface area (Å²) in [6.45, 7) is 1.76. The summed E-state index contributed by atoms with van der Waals surface area (Å²) in [7, 11) is 0. The van der Waals surface area contributed by atoms with E-state index in [1.165, 1.54) is 12.8 Å². The average Bonchev–Trinajstić information content (AvgIpc) is 2.89. The van der Waals surface area contributed by atoms with Crippen molar-refractivity contribution >= 4 is 11.9 Å². The van der Waals surface area contributed by atoms with Crippen molar-refractivity contribution in [2.45, 2.75) is 44.6 Å². The summed E-state index contributed by atoms with van der Waals surface area (Å²) >= 11 is 0. The summed E-state index contributed by atoms with van der Waals surface area (Å²) < 4.78 is 0. The molecule has 2 atom stereocenters. The summed E-state index contributed by atoms with van der Waals surface area (Å²) in [5.74, 6) is -0.274. The monoisotopic (exact) mass is 266 g/mol. The standard InChI is InChI=1S/C14H22N2O3/c17-12(15-11-3-1-2-4-11)8-16-6-5-10-7-14(10,9-16)13(18)19/h10-11H,1-9H2,(H,15,17)(H,18,19). The summed E-state index contributed by atoms with van der Waals surface area (Å²) in [6, 6.07) is 0.347. The quantitative estimate of drug-likeness (QED) is 0.791. The fourth-order valence-electron chi connectivity index (χ4n) is 3.78. The highest BCUT2D eigenvalue weighted by molar-refractivity contribution is 5.80. The lowest BCUT2D eigenvalue weighted by Gasteiger charge is -2.30.